The summed E-state index contributed by atoms with van der Waals surface area (Å²) in [6, 6.07) is 15.4. The van der Waals surface area contributed by atoms with Gasteiger partial charge in [0.2, 0.25) is 11.8 Å². The first-order valence-corrected chi connectivity index (χ1v) is 14.9. The molecule has 10 nitrogen and oxygen atoms in total. The van der Waals surface area contributed by atoms with E-state index in [4.69, 9.17) is 4.74 Å². The van der Waals surface area contributed by atoms with Gasteiger partial charge in [0, 0.05) is 12.7 Å². The first-order valence-electron chi connectivity index (χ1n) is 12.9. The molecule has 0 radical (unpaired) electrons. The van der Waals surface area contributed by atoms with Gasteiger partial charge in [-0.15, -0.1) is 0 Å². The topological polar surface area (TPSA) is 151 Å². The molecule has 0 saturated heterocycles. The Bertz CT molecular complexity index is 1160. The Morgan fingerprint density at radius 3 is 1.95 bits per heavy atom. The maximum absolute atomic E-state index is 13.3. The molecular weight excluding hydrogens is 522 g/mol. The van der Waals surface area contributed by atoms with E-state index in [1.54, 1.807) is 12.1 Å². The maximum atomic E-state index is 13.3. The van der Waals surface area contributed by atoms with E-state index in [-0.39, 0.29) is 31.1 Å². The van der Waals surface area contributed by atoms with Gasteiger partial charge < -0.3 is 25.8 Å². The number of amides is 3. The highest BCUT2D eigenvalue weighted by Gasteiger charge is 2.29. The highest BCUT2D eigenvalue weighted by Crippen LogP contribution is 2.10. The van der Waals surface area contributed by atoms with Crippen LogP contribution in [0.5, 0.6) is 0 Å². The third kappa shape index (κ3) is 12.8. The smallest absolute Gasteiger partial charge is 0.408 e. The van der Waals surface area contributed by atoms with Crippen molar-refractivity contribution in [3.05, 3.63) is 71.8 Å². The van der Waals surface area contributed by atoms with Gasteiger partial charge in [-0.1, -0.05) is 74.5 Å². The van der Waals surface area contributed by atoms with Crippen LogP contribution in [-0.4, -0.2) is 68.2 Å². The number of ether oxygens (including phenoxy) is 1. The van der Waals surface area contributed by atoms with Crippen molar-refractivity contribution in [3.63, 3.8) is 0 Å². The van der Waals surface area contributed by atoms with Crippen molar-refractivity contribution in [3.8, 4) is 0 Å². The van der Waals surface area contributed by atoms with Crippen molar-refractivity contribution in [2.24, 2.45) is 5.92 Å². The molecule has 0 spiro atoms. The van der Waals surface area contributed by atoms with E-state index < -0.39 is 52.5 Å². The van der Waals surface area contributed by atoms with Crippen LogP contribution in [0.1, 0.15) is 37.8 Å². The average molecular weight is 562 g/mol. The summed E-state index contributed by atoms with van der Waals surface area (Å²) in [5.74, 6) is -1.30. The monoisotopic (exact) mass is 561 g/mol. The molecule has 0 aliphatic rings. The molecule has 0 unspecified atom stereocenters. The van der Waals surface area contributed by atoms with Crippen LogP contribution in [0.25, 0.3) is 0 Å². The van der Waals surface area contributed by atoms with E-state index in [9.17, 15) is 27.9 Å². The average Bonchev–Trinajstić information content (AvgIpc) is 2.89. The van der Waals surface area contributed by atoms with Gasteiger partial charge >= 0.3 is 6.09 Å². The van der Waals surface area contributed by atoms with Crippen LogP contribution >= 0.6 is 0 Å². The summed E-state index contributed by atoms with van der Waals surface area (Å²) in [5, 5.41) is 17.7. The van der Waals surface area contributed by atoms with Gasteiger partial charge in [0.05, 0.1) is 18.4 Å². The molecule has 0 saturated carbocycles. The fourth-order valence-electron chi connectivity index (χ4n) is 3.81. The molecule has 2 aromatic carbocycles. The van der Waals surface area contributed by atoms with E-state index in [0.717, 1.165) is 17.4 Å². The summed E-state index contributed by atoms with van der Waals surface area (Å²) in [5.41, 5.74) is 1.58. The highest BCUT2D eigenvalue weighted by molar-refractivity contribution is 7.90. The van der Waals surface area contributed by atoms with Gasteiger partial charge in [0.25, 0.3) is 0 Å². The summed E-state index contributed by atoms with van der Waals surface area (Å²) in [4.78, 5) is 39.0. The largest absolute Gasteiger partial charge is 0.445 e. The summed E-state index contributed by atoms with van der Waals surface area (Å²) in [7, 11) is -3.29. The van der Waals surface area contributed by atoms with Crippen LogP contribution in [0.3, 0.4) is 0 Å². The molecule has 0 fully saturated rings. The minimum absolute atomic E-state index is 0.0257. The Labute approximate surface area is 230 Å². The van der Waals surface area contributed by atoms with E-state index in [2.05, 4.69) is 16.0 Å². The second-order valence-electron chi connectivity index (χ2n) is 9.95. The first-order chi connectivity index (χ1) is 18.5. The van der Waals surface area contributed by atoms with Crippen LogP contribution in [0.2, 0.25) is 0 Å². The molecule has 2 aromatic rings. The van der Waals surface area contributed by atoms with E-state index in [0.29, 0.717) is 6.42 Å². The van der Waals surface area contributed by atoms with Crippen molar-refractivity contribution in [2.75, 3.05) is 18.6 Å². The van der Waals surface area contributed by atoms with Crippen LogP contribution in [-0.2, 0) is 37.2 Å². The van der Waals surface area contributed by atoms with Crippen molar-refractivity contribution >= 4 is 27.7 Å². The Morgan fingerprint density at radius 2 is 1.41 bits per heavy atom. The fraction of sp³-hybridized carbons (Fsp3) is 0.464. The SMILES string of the molecule is CC(C)C[C@H](NC(=O)OCc1ccccc1)C(=O)N[C@@H](Cc1ccccc1)C(=O)N[C@H](CO)CCS(C)(=O)=O. The number of hydrogen-bond donors (Lipinski definition) is 4. The first kappa shape index (κ1) is 31.8. The van der Waals surface area contributed by atoms with Gasteiger partial charge in [0.15, 0.2) is 0 Å². The molecule has 0 aliphatic carbocycles. The Kier molecular flexibility index (Phi) is 12.9. The number of rotatable bonds is 15. The molecule has 4 N–H and O–H groups in total. The number of nitrogens with one attached hydrogen (secondary N) is 3. The van der Waals surface area contributed by atoms with Crippen molar-refractivity contribution in [1.29, 1.82) is 0 Å². The predicted octanol–water partition coefficient (Wildman–Crippen LogP) is 1.97. The zero-order valence-electron chi connectivity index (χ0n) is 22.6. The number of carbonyl (C=O) groups excluding carboxylic acids is 3. The van der Waals surface area contributed by atoms with E-state index >= 15 is 0 Å². The standard InChI is InChI=1S/C28H39N3O7S/c1-20(2)16-24(31-28(35)38-19-22-12-8-5-9-13-22)27(34)30-25(17-21-10-6-4-7-11-21)26(33)29-23(18-32)14-15-39(3,36)37/h4-13,20,23-25,32H,14-19H2,1-3H3,(H,29,33)(H,30,34)(H,31,35)/t23-,24-,25-/m0/s1. The van der Waals surface area contributed by atoms with Crippen LogP contribution < -0.4 is 16.0 Å². The number of hydrogen-bond acceptors (Lipinski definition) is 7. The molecule has 0 aliphatic heterocycles. The molecule has 214 valence electrons. The number of carbonyl (C=O) groups is 3. The van der Waals surface area contributed by atoms with Gasteiger partial charge in [-0.05, 0) is 29.9 Å². The summed E-state index contributed by atoms with van der Waals surface area (Å²) >= 11 is 0. The van der Waals surface area contributed by atoms with Gasteiger partial charge in [-0.25, -0.2) is 13.2 Å². The Morgan fingerprint density at radius 1 is 0.846 bits per heavy atom. The number of aliphatic hydroxyl groups is 1. The molecular formula is C28H39N3O7S. The summed E-state index contributed by atoms with van der Waals surface area (Å²) in [6.07, 6.45) is 0.797. The third-order valence-corrected chi connectivity index (χ3v) is 6.83. The Balaban J connectivity index is 2.13. The molecule has 2 rings (SSSR count). The second kappa shape index (κ2) is 15.8. The Hall–Kier alpha value is -3.44. The molecule has 0 aromatic heterocycles. The second-order valence-corrected chi connectivity index (χ2v) is 12.2. The minimum atomic E-state index is -3.29. The molecule has 39 heavy (non-hydrogen) atoms. The zero-order valence-corrected chi connectivity index (χ0v) is 23.4. The number of benzene rings is 2. The van der Waals surface area contributed by atoms with Crippen molar-refractivity contribution < 1.29 is 32.6 Å². The molecule has 0 bridgehead atoms. The van der Waals surface area contributed by atoms with Crippen LogP contribution in [0.4, 0.5) is 4.79 Å². The lowest BCUT2D eigenvalue weighted by Gasteiger charge is -2.25. The summed E-state index contributed by atoms with van der Waals surface area (Å²) in [6.45, 7) is 3.38. The number of aliphatic hydroxyl groups excluding tert-OH is 1. The number of alkyl carbamates (subject to hydrolysis) is 1. The predicted molar refractivity (Wildman–Crippen MR) is 148 cm³/mol. The quantitative estimate of drug-likeness (QED) is 0.260. The van der Waals surface area contributed by atoms with Crippen molar-refractivity contribution in [1.82, 2.24) is 16.0 Å². The minimum Gasteiger partial charge on any atom is -0.445 e. The van der Waals surface area contributed by atoms with Crippen LogP contribution in [0, 0.1) is 5.92 Å². The van der Waals surface area contributed by atoms with Gasteiger partial charge in [-0.2, -0.15) is 0 Å². The fourth-order valence-corrected chi connectivity index (χ4v) is 4.52. The number of sulfone groups is 1. The zero-order chi connectivity index (χ0) is 28.8. The molecule has 0 heterocycles. The third-order valence-electron chi connectivity index (χ3n) is 5.85. The summed E-state index contributed by atoms with van der Waals surface area (Å²) < 4.78 is 28.4. The van der Waals surface area contributed by atoms with E-state index in [1.165, 1.54) is 0 Å². The molecule has 3 amide bonds. The maximum Gasteiger partial charge on any atom is 0.408 e. The molecule has 11 heteroatoms. The van der Waals surface area contributed by atoms with Gasteiger partial charge in [0.1, 0.15) is 28.5 Å². The lowest BCUT2D eigenvalue weighted by Crippen LogP contribution is -2.56. The lowest BCUT2D eigenvalue weighted by atomic mass is 10.0. The van der Waals surface area contributed by atoms with Crippen LogP contribution in [0.15, 0.2) is 60.7 Å². The lowest BCUT2D eigenvalue weighted by molar-refractivity contribution is -0.130. The molecule has 3 atom stereocenters. The van der Waals surface area contributed by atoms with Crippen molar-refractivity contribution in [2.45, 2.75) is 57.8 Å². The normalized spacial score (nSPS) is 13.7. The van der Waals surface area contributed by atoms with E-state index in [1.807, 2.05) is 62.4 Å². The highest BCUT2D eigenvalue weighted by atomic mass is 32.2. The van der Waals surface area contributed by atoms with Gasteiger partial charge in [-0.3, -0.25) is 9.59 Å².